The molecule has 0 saturated carbocycles. The maximum atomic E-state index is 5.71. The summed E-state index contributed by atoms with van der Waals surface area (Å²) in [6, 6.07) is 0. The highest BCUT2D eigenvalue weighted by Gasteiger charge is 2.37. The Morgan fingerprint density at radius 1 is 1.16 bits per heavy atom. The van der Waals surface area contributed by atoms with Crippen molar-refractivity contribution in [3.63, 3.8) is 0 Å². The first-order valence-corrected chi connectivity index (χ1v) is 7.18. The number of nitrogens with two attached hydrogens (primary N) is 1. The van der Waals surface area contributed by atoms with Gasteiger partial charge in [-0.15, -0.1) is 0 Å². The molecule has 0 aromatic carbocycles. The first-order chi connectivity index (χ1) is 9.17. The van der Waals surface area contributed by atoms with Gasteiger partial charge in [0, 0.05) is 19.6 Å². The zero-order chi connectivity index (χ0) is 13.3. The Bertz CT molecular complexity index is 439. The predicted molar refractivity (Wildman–Crippen MR) is 77.1 cm³/mol. The molecule has 3 rings (SSSR count). The van der Waals surface area contributed by atoms with Crippen molar-refractivity contribution in [2.24, 2.45) is 5.41 Å². The Hall–Kier alpha value is -1.36. The molecule has 0 unspecified atom stereocenters. The van der Waals surface area contributed by atoms with Gasteiger partial charge in [0.25, 0.3) is 0 Å². The number of hydrogen-bond donors (Lipinski definition) is 1. The molecule has 1 aromatic rings. The van der Waals surface area contributed by atoms with Gasteiger partial charge in [-0.1, -0.05) is 0 Å². The molecule has 2 N–H and O–H groups in total. The van der Waals surface area contributed by atoms with Gasteiger partial charge in [-0.05, 0) is 44.7 Å². The summed E-state index contributed by atoms with van der Waals surface area (Å²) in [6.45, 7) is 4.66. The average molecular weight is 261 g/mol. The molecule has 0 radical (unpaired) electrons. The number of aromatic nitrogens is 2. The quantitative estimate of drug-likeness (QED) is 0.827. The standard InChI is InChI=1S/C14H23N5/c1-18-6-2-3-14(11-18)4-7-19(8-5-14)13-10-16-9-12(15)17-13/h9-10H,2-8,11H2,1H3,(H2,15,17). The molecule has 2 aliphatic rings. The van der Waals surface area contributed by atoms with Gasteiger partial charge in [0.05, 0.1) is 12.4 Å². The number of likely N-dealkylation sites (tertiary alicyclic amines) is 1. The summed E-state index contributed by atoms with van der Waals surface area (Å²) in [5.41, 5.74) is 6.25. The molecular formula is C14H23N5. The van der Waals surface area contributed by atoms with Crippen LogP contribution in [0.2, 0.25) is 0 Å². The van der Waals surface area contributed by atoms with Gasteiger partial charge in [-0.2, -0.15) is 0 Å². The lowest BCUT2D eigenvalue weighted by Gasteiger charge is -2.47. The van der Waals surface area contributed by atoms with E-state index in [-0.39, 0.29) is 0 Å². The van der Waals surface area contributed by atoms with Gasteiger partial charge in [0.1, 0.15) is 11.6 Å². The van der Waals surface area contributed by atoms with E-state index in [1.54, 1.807) is 6.20 Å². The number of anilines is 2. The van der Waals surface area contributed by atoms with Gasteiger partial charge in [0.2, 0.25) is 0 Å². The zero-order valence-corrected chi connectivity index (χ0v) is 11.7. The fourth-order valence-electron chi connectivity index (χ4n) is 3.60. The highest BCUT2D eigenvalue weighted by atomic mass is 15.2. The Morgan fingerprint density at radius 3 is 2.63 bits per heavy atom. The van der Waals surface area contributed by atoms with E-state index in [9.17, 15) is 0 Å². The van der Waals surface area contributed by atoms with Gasteiger partial charge in [-0.25, -0.2) is 4.98 Å². The smallest absolute Gasteiger partial charge is 0.149 e. The van der Waals surface area contributed by atoms with E-state index in [0.717, 1.165) is 18.9 Å². The minimum Gasteiger partial charge on any atom is -0.382 e. The molecule has 1 spiro atoms. The van der Waals surface area contributed by atoms with Gasteiger partial charge >= 0.3 is 0 Å². The minimum atomic E-state index is 0.509. The second kappa shape index (κ2) is 4.96. The topological polar surface area (TPSA) is 58.3 Å². The summed E-state index contributed by atoms with van der Waals surface area (Å²) in [5.74, 6) is 1.44. The third-order valence-corrected chi connectivity index (χ3v) is 4.64. The largest absolute Gasteiger partial charge is 0.382 e. The number of nitrogens with zero attached hydrogens (tertiary/aromatic N) is 4. The van der Waals surface area contributed by atoms with Gasteiger partial charge in [-0.3, -0.25) is 4.98 Å². The van der Waals surface area contributed by atoms with Gasteiger partial charge in [0.15, 0.2) is 0 Å². The fraction of sp³-hybridized carbons (Fsp3) is 0.714. The van der Waals surface area contributed by atoms with Crippen LogP contribution in [-0.4, -0.2) is 48.1 Å². The summed E-state index contributed by atoms with van der Waals surface area (Å²) in [5, 5.41) is 0. The lowest BCUT2D eigenvalue weighted by molar-refractivity contribution is 0.0820. The zero-order valence-electron chi connectivity index (χ0n) is 11.7. The number of piperidine rings is 2. The van der Waals surface area contributed by atoms with Crippen molar-refractivity contribution in [1.29, 1.82) is 0 Å². The molecule has 19 heavy (non-hydrogen) atoms. The van der Waals surface area contributed by atoms with E-state index >= 15 is 0 Å². The molecule has 0 amide bonds. The molecule has 0 aliphatic carbocycles. The second-order valence-electron chi connectivity index (χ2n) is 6.13. The summed E-state index contributed by atoms with van der Waals surface area (Å²) in [7, 11) is 2.25. The third-order valence-electron chi connectivity index (χ3n) is 4.64. The average Bonchev–Trinajstić information content (AvgIpc) is 2.39. The molecule has 5 nitrogen and oxygen atoms in total. The molecule has 3 heterocycles. The van der Waals surface area contributed by atoms with Crippen molar-refractivity contribution in [1.82, 2.24) is 14.9 Å². The number of rotatable bonds is 1. The Morgan fingerprint density at radius 2 is 1.95 bits per heavy atom. The normalized spacial score (nSPS) is 23.7. The van der Waals surface area contributed by atoms with Crippen LogP contribution in [0.3, 0.4) is 0 Å². The predicted octanol–water partition coefficient (Wildman–Crippen LogP) is 1.37. The van der Waals surface area contributed by atoms with Crippen LogP contribution < -0.4 is 10.6 Å². The van der Waals surface area contributed by atoms with Crippen LogP contribution in [0.4, 0.5) is 11.6 Å². The molecule has 104 valence electrons. The van der Waals surface area contributed by atoms with E-state index < -0.39 is 0 Å². The summed E-state index contributed by atoms with van der Waals surface area (Å²) < 4.78 is 0. The summed E-state index contributed by atoms with van der Waals surface area (Å²) in [4.78, 5) is 13.3. The SMILES string of the molecule is CN1CCCC2(CCN(c3cncc(N)n3)CC2)C1. The fourth-order valence-corrected chi connectivity index (χ4v) is 3.60. The molecule has 2 saturated heterocycles. The lowest BCUT2D eigenvalue weighted by Crippen LogP contribution is -2.48. The van der Waals surface area contributed by atoms with Crippen LogP contribution in [0.5, 0.6) is 0 Å². The van der Waals surface area contributed by atoms with Crippen molar-refractivity contribution < 1.29 is 0 Å². The van der Waals surface area contributed by atoms with E-state index in [1.807, 2.05) is 6.20 Å². The molecule has 5 heteroatoms. The molecule has 2 aliphatic heterocycles. The monoisotopic (exact) mass is 261 g/mol. The van der Waals surface area contributed by atoms with Crippen LogP contribution in [-0.2, 0) is 0 Å². The van der Waals surface area contributed by atoms with Crippen LogP contribution >= 0.6 is 0 Å². The van der Waals surface area contributed by atoms with Crippen LogP contribution in [0, 0.1) is 5.41 Å². The van der Waals surface area contributed by atoms with Crippen molar-refractivity contribution >= 4 is 11.6 Å². The summed E-state index contributed by atoms with van der Waals surface area (Å²) >= 11 is 0. The van der Waals surface area contributed by atoms with E-state index in [4.69, 9.17) is 5.73 Å². The first kappa shape index (κ1) is 12.7. The Balaban J connectivity index is 1.66. The molecule has 1 aromatic heterocycles. The van der Waals surface area contributed by atoms with Crippen LogP contribution in [0.15, 0.2) is 12.4 Å². The van der Waals surface area contributed by atoms with E-state index in [2.05, 4.69) is 26.8 Å². The van der Waals surface area contributed by atoms with E-state index in [0.29, 0.717) is 11.2 Å². The summed E-state index contributed by atoms with van der Waals surface area (Å²) in [6.07, 6.45) is 8.66. The highest BCUT2D eigenvalue weighted by Crippen LogP contribution is 2.40. The molecule has 0 bridgehead atoms. The van der Waals surface area contributed by atoms with Crippen LogP contribution in [0.25, 0.3) is 0 Å². The van der Waals surface area contributed by atoms with Crippen molar-refractivity contribution in [3.05, 3.63) is 12.4 Å². The Kier molecular flexibility index (Phi) is 3.31. The first-order valence-electron chi connectivity index (χ1n) is 7.18. The third kappa shape index (κ3) is 2.66. The maximum Gasteiger partial charge on any atom is 0.149 e. The number of hydrogen-bond acceptors (Lipinski definition) is 5. The molecular weight excluding hydrogens is 238 g/mol. The van der Waals surface area contributed by atoms with E-state index in [1.165, 1.54) is 38.8 Å². The van der Waals surface area contributed by atoms with Crippen molar-refractivity contribution in [2.45, 2.75) is 25.7 Å². The second-order valence-corrected chi connectivity index (χ2v) is 6.13. The van der Waals surface area contributed by atoms with Crippen LogP contribution in [0.1, 0.15) is 25.7 Å². The minimum absolute atomic E-state index is 0.509. The van der Waals surface area contributed by atoms with Gasteiger partial charge < -0.3 is 15.5 Å². The lowest BCUT2D eigenvalue weighted by atomic mass is 9.72. The molecule has 2 fully saturated rings. The number of nitrogen functional groups attached to an aromatic ring is 1. The maximum absolute atomic E-state index is 5.71. The Labute approximate surface area is 114 Å². The molecule has 0 atom stereocenters. The van der Waals surface area contributed by atoms with Crippen molar-refractivity contribution in [2.75, 3.05) is 43.9 Å². The highest BCUT2D eigenvalue weighted by molar-refractivity contribution is 5.41. The van der Waals surface area contributed by atoms with Crippen molar-refractivity contribution in [3.8, 4) is 0 Å².